The quantitative estimate of drug-likeness (QED) is 0.296. The zero-order valence-corrected chi connectivity index (χ0v) is 18.3. The van der Waals surface area contributed by atoms with Gasteiger partial charge in [0.15, 0.2) is 0 Å². The smallest absolute Gasteiger partial charge is 0.302 e. The maximum absolute atomic E-state index is 14.2. The Labute approximate surface area is 180 Å². The Morgan fingerprint density at radius 3 is 1.84 bits per heavy atom. The number of halogens is 9. The van der Waals surface area contributed by atoms with E-state index in [1.807, 2.05) is 0 Å². The monoisotopic (exact) mass is 526 g/mol. The molecule has 0 aromatic heterocycles. The Bertz CT molecular complexity index is 779. The molecule has 1 aliphatic carbocycles. The van der Waals surface area contributed by atoms with Crippen molar-refractivity contribution in [2.75, 3.05) is 11.5 Å². The fourth-order valence-electron chi connectivity index (χ4n) is 4.32. The first-order chi connectivity index (χ1) is 14.5. The minimum atomic E-state index is -7.36. The lowest BCUT2D eigenvalue weighted by atomic mass is 9.85. The molecule has 2 fully saturated rings. The first-order valence-corrected chi connectivity index (χ1v) is 13.2. The van der Waals surface area contributed by atoms with E-state index in [0.717, 1.165) is 19.3 Å². The lowest BCUT2D eigenvalue weighted by Gasteiger charge is -2.51. The summed E-state index contributed by atoms with van der Waals surface area (Å²) in [7, 11) is -10.4. The molecule has 32 heavy (non-hydrogen) atoms. The summed E-state index contributed by atoms with van der Waals surface area (Å²) >= 11 is 0. The molecule has 2 aliphatic rings. The number of hydrogen-bond acceptors (Lipinski definition) is 4. The number of hydrogen-bond donors (Lipinski definition) is 0. The average molecular weight is 526 g/mol. The fourth-order valence-corrected chi connectivity index (χ4v) is 10.6. The molecule has 190 valence electrons. The molecule has 2 rings (SSSR count). The van der Waals surface area contributed by atoms with Gasteiger partial charge < -0.3 is 4.79 Å². The van der Waals surface area contributed by atoms with Gasteiger partial charge in [0.1, 0.15) is 6.29 Å². The van der Waals surface area contributed by atoms with E-state index in [2.05, 4.69) is 3.63 Å². The number of rotatable bonds is 8. The standard InChI is InChI=1S/C17H23F9O4S2/c18-14(19,16(22,23)24)15(20,21)17(25,26)32(28,29)30-31(11-9-27)10-5-4-8-13(31)12-6-2-1-3-7-12/h9,12-13H,1-8,10-11H2. The molecule has 0 bridgehead atoms. The topological polar surface area (TPSA) is 60.4 Å². The van der Waals surface area contributed by atoms with Crippen LogP contribution in [0.3, 0.4) is 0 Å². The van der Waals surface area contributed by atoms with Gasteiger partial charge in [-0.1, -0.05) is 25.7 Å². The van der Waals surface area contributed by atoms with E-state index >= 15 is 0 Å². The van der Waals surface area contributed by atoms with Gasteiger partial charge in [-0.15, -0.1) is 10.3 Å². The molecule has 0 spiro atoms. The van der Waals surface area contributed by atoms with Crippen molar-refractivity contribution in [2.45, 2.75) is 79.9 Å². The van der Waals surface area contributed by atoms with Gasteiger partial charge in [0.25, 0.3) is 0 Å². The molecule has 15 heteroatoms. The largest absolute Gasteiger partial charge is 0.460 e. The maximum atomic E-state index is 14.2. The number of aldehydes is 1. The van der Waals surface area contributed by atoms with Gasteiger partial charge >= 0.3 is 33.4 Å². The zero-order chi connectivity index (χ0) is 24.6. The highest BCUT2D eigenvalue weighted by atomic mass is 32.3. The Balaban J connectivity index is 2.49. The summed E-state index contributed by atoms with van der Waals surface area (Å²) in [4.78, 5) is 11.3. The first-order valence-electron chi connectivity index (χ1n) is 9.84. The van der Waals surface area contributed by atoms with Crippen LogP contribution < -0.4 is 0 Å². The van der Waals surface area contributed by atoms with Crippen molar-refractivity contribution in [3.05, 3.63) is 0 Å². The van der Waals surface area contributed by atoms with E-state index in [4.69, 9.17) is 0 Å². The predicted molar refractivity (Wildman–Crippen MR) is 98.5 cm³/mol. The second kappa shape index (κ2) is 9.16. The third-order valence-corrected chi connectivity index (χ3v) is 12.1. The predicted octanol–water partition coefficient (Wildman–Crippen LogP) is 5.81. The van der Waals surface area contributed by atoms with Gasteiger partial charge in [-0.05, 0) is 31.6 Å². The van der Waals surface area contributed by atoms with Crippen molar-refractivity contribution >= 4 is 26.7 Å². The third kappa shape index (κ3) is 4.62. The van der Waals surface area contributed by atoms with Crippen molar-refractivity contribution < 1.29 is 56.4 Å². The summed E-state index contributed by atoms with van der Waals surface area (Å²) in [5.74, 6) is -16.0. The molecule has 1 saturated carbocycles. The molecule has 4 nitrogen and oxygen atoms in total. The van der Waals surface area contributed by atoms with Crippen LogP contribution in [0.5, 0.6) is 0 Å². The van der Waals surface area contributed by atoms with Gasteiger partial charge in [0, 0.05) is 11.0 Å². The summed E-state index contributed by atoms with van der Waals surface area (Å²) in [6.07, 6.45) is -2.66. The van der Waals surface area contributed by atoms with Crippen molar-refractivity contribution in [3.8, 4) is 0 Å². The van der Waals surface area contributed by atoms with E-state index in [1.165, 1.54) is 0 Å². The molecule has 2 unspecified atom stereocenters. The summed E-state index contributed by atoms with van der Waals surface area (Å²) in [6, 6.07) is 0. The summed E-state index contributed by atoms with van der Waals surface area (Å²) in [6.45, 7) is 0. The molecule has 1 aliphatic heterocycles. The van der Waals surface area contributed by atoms with Crippen LogP contribution in [0.15, 0.2) is 0 Å². The van der Waals surface area contributed by atoms with Crippen LogP contribution in [0.4, 0.5) is 39.5 Å². The zero-order valence-electron chi connectivity index (χ0n) is 16.7. The summed E-state index contributed by atoms with van der Waals surface area (Å²) in [5.41, 5.74) is 0. The molecular weight excluding hydrogens is 503 g/mol. The Morgan fingerprint density at radius 1 is 0.812 bits per heavy atom. The Kier molecular flexibility index (Phi) is 7.88. The first kappa shape index (κ1) is 27.5. The van der Waals surface area contributed by atoms with Gasteiger partial charge in [0.05, 0.1) is 5.75 Å². The van der Waals surface area contributed by atoms with E-state index in [9.17, 15) is 52.7 Å². The molecule has 0 aromatic rings. The van der Waals surface area contributed by atoms with Gasteiger partial charge in [-0.2, -0.15) is 47.9 Å². The third-order valence-electron chi connectivity index (χ3n) is 5.96. The van der Waals surface area contributed by atoms with Crippen LogP contribution in [0.2, 0.25) is 0 Å². The molecule has 0 amide bonds. The van der Waals surface area contributed by atoms with Crippen LogP contribution >= 0.6 is 10.3 Å². The maximum Gasteiger partial charge on any atom is 0.460 e. The minimum Gasteiger partial charge on any atom is -0.302 e. The van der Waals surface area contributed by atoms with Gasteiger partial charge in [-0.3, -0.25) is 0 Å². The van der Waals surface area contributed by atoms with Crippen LogP contribution in [0.1, 0.15) is 51.4 Å². The second-order valence-corrected chi connectivity index (χ2v) is 13.1. The van der Waals surface area contributed by atoms with Crippen molar-refractivity contribution in [3.63, 3.8) is 0 Å². The van der Waals surface area contributed by atoms with E-state index in [0.29, 0.717) is 19.3 Å². The highest BCUT2D eigenvalue weighted by molar-refractivity contribution is 8.33. The van der Waals surface area contributed by atoms with Crippen LogP contribution in [-0.2, 0) is 18.5 Å². The minimum absolute atomic E-state index is 0.173. The number of carbonyl (C=O) groups excluding carboxylic acids is 1. The van der Waals surface area contributed by atoms with E-state index in [-0.39, 0.29) is 30.8 Å². The second-order valence-electron chi connectivity index (χ2n) is 8.02. The molecule has 2 atom stereocenters. The molecule has 0 aromatic carbocycles. The van der Waals surface area contributed by atoms with Gasteiger partial charge in [0.2, 0.25) is 0 Å². The lowest BCUT2D eigenvalue weighted by molar-refractivity contribution is -0.382. The van der Waals surface area contributed by atoms with E-state index in [1.54, 1.807) is 0 Å². The Hall–Kier alpha value is -0.700. The number of carbonyl (C=O) groups is 1. The Morgan fingerprint density at radius 2 is 1.34 bits per heavy atom. The SMILES string of the molecule is O=CCS1(OS(=O)(=O)C(F)(F)C(F)(F)C(F)(F)C(F)(F)F)CCCCC1C1CCCCC1. The molecular formula is C17H23F9O4S2. The van der Waals surface area contributed by atoms with Crippen LogP contribution in [0, 0.1) is 5.92 Å². The normalized spacial score (nSPS) is 29.3. The highest BCUT2D eigenvalue weighted by Crippen LogP contribution is 2.65. The summed E-state index contributed by atoms with van der Waals surface area (Å²) < 4.78 is 148. The number of alkyl halides is 9. The van der Waals surface area contributed by atoms with Crippen molar-refractivity contribution in [1.82, 2.24) is 0 Å². The average Bonchev–Trinajstić information content (AvgIpc) is 2.67. The van der Waals surface area contributed by atoms with Crippen LogP contribution in [-0.4, -0.2) is 54.7 Å². The lowest BCUT2D eigenvalue weighted by Crippen LogP contribution is -2.63. The van der Waals surface area contributed by atoms with Crippen molar-refractivity contribution in [2.24, 2.45) is 5.92 Å². The molecule has 0 radical (unpaired) electrons. The fraction of sp³-hybridized carbons (Fsp3) is 0.941. The summed E-state index contributed by atoms with van der Waals surface area (Å²) in [5, 5.41) is -7.67. The highest BCUT2D eigenvalue weighted by Gasteiger charge is 2.86. The van der Waals surface area contributed by atoms with Crippen LogP contribution in [0.25, 0.3) is 0 Å². The van der Waals surface area contributed by atoms with Crippen molar-refractivity contribution in [1.29, 1.82) is 0 Å². The molecule has 1 heterocycles. The van der Waals surface area contributed by atoms with E-state index < -0.39 is 54.7 Å². The van der Waals surface area contributed by atoms with Gasteiger partial charge in [-0.25, -0.2) is 3.63 Å². The molecule has 1 saturated heterocycles. The molecule has 0 N–H and O–H groups in total.